The van der Waals surface area contributed by atoms with Crippen molar-refractivity contribution in [2.45, 2.75) is 40.0 Å². The number of fused-ring (bicyclic) bond motifs is 1. The fourth-order valence-corrected chi connectivity index (χ4v) is 5.19. The smallest absolute Gasteiger partial charge is 0.256 e. The summed E-state index contributed by atoms with van der Waals surface area (Å²) in [5.74, 6) is 0.307. The van der Waals surface area contributed by atoms with Crippen LogP contribution < -0.4 is 15.5 Å². The van der Waals surface area contributed by atoms with Crippen molar-refractivity contribution in [3.05, 3.63) is 45.8 Å². The van der Waals surface area contributed by atoms with Crippen molar-refractivity contribution in [3.8, 4) is 0 Å². The van der Waals surface area contributed by atoms with E-state index >= 15 is 0 Å². The Bertz CT molecular complexity index is 853. The normalized spacial score (nSPS) is 15.6. The monoisotopic (exact) mass is 399 g/mol. The molecule has 0 aliphatic heterocycles. The van der Waals surface area contributed by atoms with Crippen molar-refractivity contribution in [2.24, 2.45) is 5.92 Å². The fourth-order valence-electron chi connectivity index (χ4n) is 3.79. The number of hydrogen-bond acceptors (Lipinski definition) is 4. The number of carbonyl (C=O) groups excluding carboxylic acids is 2. The van der Waals surface area contributed by atoms with Crippen LogP contribution in [0.5, 0.6) is 0 Å². The standard InChI is InChI=1S/C22H29N3O2S/c1-5-25(6-2)16-10-8-15(9-11-16)20(26)24-22-19(21(27)23-4)17-12-7-14(3)13-18(17)28-22/h8-11,14H,5-7,12-13H2,1-4H3,(H,23,27)(H,24,26)/t14-/m1/s1. The van der Waals surface area contributed by atoms with Gasteiger partial charge >= 0.3 is 0 Å². The van der Waals surface area contributed by atoms with Gasteiger partial charge in [0.2, 0.25) is 0 Å². The fraction of sp³-hybridized carbons (Fsp3) is 0.455. The molecule has 3 rings (SSSR count). The van der Waals surface area contributed by atoms with E-state index in [4.69, 9.17) is 0 Å². The molecule has 1 aromatic heterocycles. The van der Waals surface area contributed by atoms with Gasteiger partial charge in [0.1, 0.15) is 5.00 Å². The maximum atomic E-state index is 12.8. The number of hydrogen-bond donors (Lipinski definition) is 2. The van der Waals surface area contributed by atoms with E-state index in [-0.39, 0.29) is 11.8 Å². The molecule has 2 amide bonds. The molecular formula is C22H29N3O2S. The number of amides is 2. The van der Waals surface area contributed by atoms with Gasteiger partial charge in [-0.15, -0.1) is 11.3 Å². The molecule has 1 aliphatic rings. The van der Waals surface area contributed by atoms with Crippen LogP contribution in [-0.4, -0.2) is 32.0 Å². The van der Waals surface area contributed by atoms with Gasteiger partial charge in [0.05, 0.1) is 5.56 Å². The Balaban J connectivity index is 1.85. The SMILES string of the molecule is CCN(CC)c1ccc(C(=O)Nc2sc3c(c2C(=O)NC)CC[C@@H](C)C3)cc1. The Morgan fingerprint density at radius 2 is 1.82 bits per heavy atom. The van der Waals surface area contributed by atoms with Crippen LogP contribution in [0.2, 0.25) is 0 Å². The Labute approximate surface area is 171 Å². The molecule has 0 unspecified atom stereocenters. The van der Waals surface area contributed by atoms with E-state index < -0.39 is 0 Å². The van der Waals surface area contributed by atoms with Crippen molar-refractivity contribution < 1.29 is 9.59 Å². The predicted molar refractivity (Wildman–Crippen MR) is 117 cm³/mol. The van der Waals surface area contributed by atoms with Gasteiger partial charge in [0, 0.05) is 36.3 Å². The average molecular weight is 400 g/mol. The molecule has 2 aromatic rings. The van der Waals surface area contributed by atoms with Crippen LogP contribution in [-0.2, 0) is 12.8 Å². The molecule has 6 heteroatoms. The van der Waals surface area contributed by atoms with Gasteiger partial charge in [0.25, 0.3) is 11.8 Å². The summed E-state index contributed by atoms with van der Waals surface area (Å²) in [6, 6.07) is 7.64. The van der Waals surface area contributed by atoms with Gasteiger partial charge in [-0.1, -0.05) is 6.92 Å². The third-order valence-electron chi connectivity index (χ3n) is 5.45. The first-order chi connectivity index (χ1) is 13.5. The summed E-state index contributed by atoms with van der Waals surface area (Å²) in [4.78, 5) is 28.8. The van der Waals surface area contributed by atoms with E-state index in [9.17, 15) is 9.59 Å². The maximum absolute atomic E-state index is 12.8. The summed E-state index contributed by atoms with van der Waals surface area (Å²) in [6.45, 7) is 8.32. The highest BCUT2D eigenvalue weighted by Crippen LogP contribution is 2.39. The van der Waals surface area contributed by atoms with Crippen molar-refractivity contribution in [1.29, 1.82) is 0 Å². The van der Waals surface area contributed by atoms with Crippen molar-refractivity contribution >= 4 is 33.8 Å². The van der Waals surface area contributed by atoms with Gasteiger partial charge in [-0.2, -0.15) is 0 Å². The van der Waals surface area contributed by atoms with Crippen LogP contribution >= 0.6 is 11.3 Å². The van der Waals surface area contributed by atoms with E-state index in [1.807, 2.05) is 24.3 Å². The highest BCUT2D eigenvalue weighted by molar-refractivity contribution is 7.17. The lowest BCUT2D eigenvalue weighted by Gasteiger charge is -2.21. The maximum Gasteiger partial charge on any atom is 0.256 e. The van der Waals surface area contributed by atoms with Gasteiger partial charge in [-0.05, 0) is 68.9 Å². The Morgan fingerprint density at radius 1 is 1.14 bits per heavy atom. The molecule has 1 atom stereocenters. The lowest BCUT2D eigenvalue weighted by molar-refractivity contribution is 0.0963. The number of nitrogens with zero attached hydrogens (tertiary/aromatic N) is 1. The molecule has 1 heterocycles. The van der Waals surface area contributed by atoms with E-state index in [2.05, 4.69) is 36.3 Å². The van der Waals surface area contributed by atoms with Crippen LogP contribution in [0.1, 0.15) is 58.3 Å². The molecule has 0 bridgehead atoms. The quantitative estimate of drug-likeness (QED) is 0.760. The Hall–Kier alpha value is -2.34. The zero-order chi connectivity index (χ0) is 20.3. The molecule has 0 spiro atoms. The number of carbonyl (C=O) groups is 2. The molecule has 1 aromatic carbocycles. The van der Waals surface area contributed by atoms with Gasteiger partial charge in [-0.25, -0.2) is 0 Å². The predicted octanol–water partition coefficient (Wildman–Crippen LogP) is 4.33. The number of rotatable bonds is 6. The minimum atomic E-state index is -0.178. The summed E-state index contributed by atoms with van der Waals surface area (Å²) >= 11 is 1.55. The summed E-state index contributed by atoms with van der Waals surface area (Å²) in [7, 11) is 1.63. The minimum Gasteiger partial charge on any atom is -0.372 e. The van der Waals surface area contributed by atoms with Gasteiger partial charge in [0.15, 0.2) is 0 Å². The lowest BCUT2D eigenvalue weighted by Crippen LogP contribution is -2.23. The zero-order valence-corrected chi connectivity index (χ0v) is 17.9. The number of nitrogens with one attached hydrogen (secondary N) is 2. The molecule has 0 saturated heterocycles. The first-order valence-electron chi connectivity index (χ1n) is 10.0. The third kappa shape index (κ3) is 4.07. The van der Waals surface area contributed by atoms with Crippen molar-refractivity contribution in [1.82, 2.24) is 5.32 Å². The molecule has 1 aliphatic carbocycles. The van der Waals surface area contributed by atoms with Crippen LogP contribution in [0.25, 0.3) is 0 Å². The Morgan fingerprint density at radius 3 is 2.43 bits per heavy atom. The van der Waals surface area contributed by atoms with Crippen molar-refractivity contribution in [3.63, 3.8) is 0 Å². The third-order valence-corrected chi connectivity index (χ3v) is 6.62. The summed E-state index contributed by atoms with van der Waals surface area (Å²) in [5, 5.41) is 6.38. The zero-order valence-electron chi connectivity index (χ0n) is 17.1. The molecule has 28 heavy (non-hydrogen) atoms. The van der Waals surface area contributed by atoms with E-state index in [0.29, 0.717) is 22.0 Å². The molecule has 5 nitrogen and oxygen atoms in total. The van der Waals surface area contributed by atoms with E-state index in [0.717, 1.165) is 43.6 Å². The minimum absolute atomic E-state index is 0.126. The highest BCUT2D eigenvalue weighted by Gasteiger charge is 2.28. The second-order valence-corrected chi connectivity index (χ2v) is 8.41. The lowest BCUT2D eigenvalue weighted by atomic mass is 9.88. The second kappa shape index (κ2) is 8.78. The number of benzene rings is 1. The first-order valence-corrected chi connectivity index (χ1v) is 10.8. The molecule has 0 saturated carbocycles. The topological polar surface area (TPSA) is 61.4 Å². The largest absolute Gasteiger partial charge is 0.372 e. The molecule has 0 fully saturated rings. The molecular weight excluding hydrogens is 370 g/mol. The van der Waals surface area contributed by atoms with Crippen LogP contribution in [0.15, 0.2) is 24.3 Å². The summed E-state index contributed by atoms with van der Waals surface area (Å²) in [6.07, 6.45) is 2.94. The Kier molecular flexibility index (Phi) is 6.39. The molecule has 0 radical (unpaired) electrons. The molecule has 2 N–H and O–H groups in total. The van der Waals surface area contributed by atoms with Crippen molar-refractivity contribution in [2.75, 3.05) is 30.4 Å². The van der Waals surface area contributed by atoms with Crippen LogP contribution in [0.3, 0.4) is 0 Å². The van der Waals surface area contributed by atoms with E-state index in [1.54, 1.807) is 18.4 Å². The second-order valence-electron chi connectivity index (χ2n) is 7.31. The van der Waals surface area contributed by atoms with Crippen LogP contribution in [0.4, 0.5) is 10.7 Å². The summed E-state index contributed by atoms with van der Waals surface area (Å²) in [5.41, 5.74) is 3.45. The highest BCUT2D eigenvalue weighted by atomic mass is 32.1. The van der Waals surface area contributed by atoms with Crippen LogP contribution in [0, 0.1) is 5.92 Å². The summed E-state index contributed by atoms with van der Waals surface area (Å²) < 4.78 is 0. The number of anilines is 2. The van der Waals surface area contributed by atoms with Gasteiger partial charge < -0.3 is 15.5 Å². The first kappa shape index (κ1) is 20.4. The number of thiophene rings is 1. The average Bonchev–Trinajstić information content (AvgIpc) is 3.05. The molecule has 150 valence electrons. The van der Waals surface area contributed by atoms with E-state index in [1.165, 1.54) is 4.88 Å². The van der Waals surface area contributed by atoms with Gasteiger partial charge in [-0.3, -0.25) is 9.59 Å².